The Balaban J connectivity index is 1.38. The van der Waals surface area contributed by atoms with Crippen molar-refractivity contribution >= 4 is 17.5 Å². The molecule has 41 heavy (non-hydrogen) atoms. The number of nitriles is 1. The molecule has 0 bridgehead atoms. The second kappa shape index (κ2) is 12.1. The molecule has 210 valence electrons. The van der Waals surface area contributed by atoms with Crippen molar-refractivity contribution in [3.05, 3.63) is 90.0 Å². The topological polar surface area (TPSA) is 151 Å². The van der Waals surface area contributed by atoms with Gasteiger partial charge in [-0.1, -0.05) is 49.6 Å². The van der Waals surface area contributed by atoms with Crippen LogP contribution in [0.2, 0.25) is 0 Å². The van der Waals surface area contributed by atoms with E-state index in [4.69, 9.17) is 0 Å². The number of nitrogens with zero attached hydrogens (tertiary/aromatic N) is 6. The Morgan fingerprint density at radius 3 is 2.54 bits per heavy atom. The maximum atomic E-state index is 14.5. The van der Waals surface area contributed by atoms with Crippen molar-refractivity contribution in [1.82, 2.24) is 40.9 Å². The predicted molar refractivity (Wildman–Crippen MR) is 147 cm³/mol. The first-order chi connectivity index (χ1) is 19.9. The summed E-state index contributed by atoms with van der Waals surface area (Å²) in [6, 6.07) is 9.51. The Kier molecular flexibility index (Phi) is 8.14. The number of nitrogens with one attached hydrogen (secondary N) is 3. The summed E-state index contributed by atoms with van der Waals surface area (Å²) < 4.78 is 14.5. The number of carbonyl (C=O) groups is 2. The summed E-state index contributed by atoms with van der Waals surface area (Å²) in [5.41, 5.74) is -0.666. The van der Waals surface area contributed by atoms with Gasteiger partial charge in [0.25, 0.3) is 0 Å². The lowest BCUT2D eigenvalue weighted by Gasteiger charge is -2.39. The minimum Gasteiger partial charge on any atom is -0.352 e. The Hall–Kier alpha value is -4.92. The largest absolute Gasteiger partial charge is 0.352 e. The van der Waals surface area contributed by atoms with Gasteiger partial charge in [0, 0.05) is 24.7 Å². The summed E-state index contributed by atoms with van der Waals surface area (Å²) in [5, 5.41) is 26.3. The first-order valence-corrected chi connectivity index (χ1v) is 13.5. The molecule has 12 heteroatoms. The Bertz CT molecular complexity index is 1510. The van der Waals surface area contributed by atoms with E-state index in [0.29, 0.717) is 36.2 Å². The van der Waals surface area contributed by atoms with Gasteiger partial charge in [0.1, 0.15) is 17.4 Å². The van der Waals surface area contributed by atoms with Crippen molar-refractivity contribution < 1.29 is 14.0 Å². The first kappa shape index (κ1) is 27.6. The molecule has 3 amide bonds. The van der Waals surface area contributed by atoms with Crippen molar-refractivity contribution in [3.8, 4) is 6.07 Å². The zero-order valence-electron chi connectivity index (χ0n) is 22.4. The van der Waals surface area contributed by atoms with Crippen LogP contribution in [0.1, 0.15) is 55.6 Å². The number of amides is 3. The molecule has 1 unspecified atom stereocenters. The van der Waals surface area contributed by atoms with Crippen LogP contribution in [0.3, 0.4) is 0 Å². The number of hydrogen-bond donors (Lipinski definition) is 3. The summed E-state index contributed by atoms with van der Waals surface area (Å²) in [4.78, 5) is 37.1. The molecule has 2 aliphatic rings. The minimum absolute atomic E-state index is 0.0261. The summed E-state index contributed by atoms with van der Waals surface area (Å²) in [5.74, 6) is -0.775. The molecule has 1 atom stereocenters. The van der Waals surface area contributed by atoms with Crippen LogP contribution in [0, 0.1) is 17.1 Å². The average molecular weight is 556 g/mol. The van der Waals surface area contributed by atoms with E-state index in [-0.39, 0.29) is 24.6 Å². The van der Waals surface area contributed by atoms with E-state index in [1.54, 1.807) is 54.9 Å². The van der Waals surface area contributed by atoms with Crippen LogP contribution in [-0.4, -0.2) is 49.0 Å². The molecule has 3 aromatic rings. The molecule has 1 saturated carbocycles. The molecule has 2 heterocycles. The second-order valence-electron chi connectivity index (χ2n) is 10.1. The van der Waals surface area contributed by atoms with Crippen molar-refractivity contribution in [1.29, 1.82) is 5.26 Å². The molecular weight excluding hydrogens is 525 g/mol. The van der Waals surface area contributed by atoms with E-state index in [2.05, 4.69) is 36.1 Å². The van der Waals surface area contributed by atoms with Crippen LogP contribution < -0.4 is 16.0 Å². The molecular formula is C29H30FN9O2. The lowest BCUT2D eigenvalue weighted by molar-refractivity contribution is -0.125. The van der Waals surface area contributed by atoms with Gasteiger partial charge in [-0.25, -0.2) is 19.2 Å². The highest BCUT2D eigenvalue weighted by Gasteiger charge is 2.42. The number of urea groups is 1. The predicted octanol–water partition coefficient (Wildman–Crippen LogP) is 3.14. The zero-order chi connectivity index (χ0) is 28.7. The summed E-state index contributed by atoms with van der Waals surface area (Å²) >= 11 is 0. The zero-order valence-corrected chi connectivity index (χ0v) is 22.4. The number of rotatable bonds is 8. The van der Waals surface area contributed by atoms with Crippen molar-refractivity contribution in [2.24, 2.45) is 0 Å². The lowest BCUT2D eigenvalue weighted by Crippen LogP contribution is -2.62. The number of halogens is 1. The van der Waals surface area contributed by atoms with Gasteiger partial charge in [-0.2, -0.15) is 20.3 Å². The van der Waals surface area contributed by atoms with Gasteiger partial charge in [-0.15, -0.1) is 0 Å². The molecule has 0 radical (unpaired) electrons. The van der Waals surface area contributed by atoms with Crippen LogP contribution in [0.15, 0.2) is 67.2 Å². The van der Waals surface area contributed by atoms with Crippen molar-refractivity contribution in [3.63, 3.8) is 0 Å². The standard InChI is InChI=1S/C29H30FN9O2/c30-23-7-3-2-6-22(23)21-8-13-29(14-9-21,26(40)33-18-19-39-34-16-17-35-39)38-27(41)37-28(11-4-1-5-12-28)24-10-15-32-25(20-31)36-24/h2-3,6-10,13,15-17H,1,4-5,11-12,14,18-19H2,(H,33,40)(H2,37,38,41). The van der Waals surface area contributed by atoms with Gasteiger partial charge in [-0.05, 0) is 36.6 Å². The highest BCUT2D eigenvalue weighted by atomic mass is 19.1. The number of aromatic nitrogens is 5. The maximum Gasteiger partial charge on any atom is 0.316 e. The van der Waals surface area contributed by atoms with Crippen LogP contribution in [0.5, 0.6) is 0 Å². The maximum absolute atomic E-state index is 14.5. The fraction of sp³-hybridized carbons (Fsp3) is 0.345. The third kappa shape index (κ3) is 6.14. The molecule has 1 fully saturated rings. The molecule has 5 rings (SSSR count). The molecule has 0 aliphatic heterocycles. The Morgan fingerprint density at radius 1 is 1.05 bits per heavy atom. The number of allylic oxidation sites excluding steroid dienone is 2. The van der Waals surface area contributed by atoms with E-state index in [0.717, 1.165) is 19.3 Å². The van der Waals surface area contributed by atoms with Gasteiger partial charge < -0.3 is 16.0 Å². The fourth-order valence-electron chi connectivity index (χ4n) is 5.37. The van der Waals surface area contributed by atoms with E-state index in [9.17, 15) is 19.2 Å². The molecule has 0 saturated heterocycles. The minimum atomic E-state index is -1.43. The molecule has 1 aromatic carbocycles. The summed E-state index contributed by atoms with van der Waals surface area (Å²) in [7, 11) is 0. The fourth-order valence-corrected chi connectivity index (χ4v) is 5.37. The Morgan fingerprint density at radius 2 is 1.83 bits per heavy atom. The normalized spacial score (nSPS) is 19.5. The van der Waals surface area contributed by atoms with E-state index >= 15 is 0 Å². The third-order valence-corrected chi connectivity index (χ3v) is 7.49. The molecule has 0 spiro atoms. The number of benzene rings is 1. The molecule has 2 aromatic heterocycles. The number of hydrogen-bond acceptors (Lipinski definition) is 7. The molecule has 11 nitrogen and oxygen atoms in total. The van der Waals surface area contributed by atoms with E-state index in [1.165, 1.54) is 17.1 Å². The average Bonchev–Trinajstić information content (AvgIpc) is 3.52. The van der Waals surface area contributed by atoms with Crippen molar-refractivity contribution in [2.75, 3.05) is 6.54 Å². The van der Waals surface area contributed by atoms with Gasteiger partial charge in [0.15, 0.2) is 0 Å². The van der Waals surface area contributed by atoms with Gasteiger partial charge >= 0.3 is 6.03 Å². The summed E-state index contributed by atoms with van der Waals surface area (Å²) in [6.07, 6.45) is 13.7. The summed E-state index contributed by atoms with van der Waals surface area (Å²) in [6.45, 7) is 0.581. The van der Waals surface area contributed by atoms with Gasteiger partial charge in [0.2, 0.25) is 11.7 Å². The Labute approximate surface area is 236 Å². The van der Waals surface area contributed by atoms with Crippen LogP contribution in [0.25, 0.3) is 5.57 Å². The first-order valence-electron chi connectivity index (χ1n) is 13.5. The van der Waals surface area contributed by atoms with Crippen LogP contribution in [0.4, 0.5) is 9.18 Å². The smallest absolute Gasteiger partial charge is 0.316 e. The van der Waals surface area contributed by atoms with E-state index in [1.807, 2.05) is 6.07 Å². The van der Waals surface area contributed by atoms with Gasteiger partial charge in [-0.3, -0.25) is 4.79 Å². The highest BCUT2D eigenvalue weighted by molar-refractivity contribution is 5.95. The second-order valence-corrected chi connectivity index (χ2v) is 10.1. The van der Waals surface area contributed by atoms with Crippen LogP contribution in [-0.2, 0) is 16.9 Å². The van der Waals surface area contributed by atoms with Crippen LogP contribution >= 0.6 is 0 Å². The molecule has 3 N–H and O–H groups in total. The quantitative estimate of drug-likeness (QED) is 0.386. The van der Waals surface area contributed by atoms with E-state index < -0.39 is 23.0 Å². The van der Waals surface area contributed by atoms with Crippen molar-refractivity contribution in [2.45, 2.75) is 56.1 Å². The SMILES string of the molecule is N#Cc1nccc(C2(NC(=O)NC3(C(=O)NCCn4nccn4)C=CC(c4ccccc4F)=CC3)CCCCC2)n1. The lowest BCUT2D eigenvalue weighted by atomic mass is 9.79. The van der Waals surface area contributed by atoms with Gasteiger partial charge in [0.05, 0.1) is 30.2 Å². The molecule has 2 aliphatic carbocycles. The third-order valence-electron chi connectivity index (χ3n) is 7.49. The number of carbonyl (C=O) groups excluding carboxylic acids is 2. The monoisotopic (exact) mass is 555 g/mol. The highest BCUT2D eigenvalue weighted by Crippen LogP contribution is 2.36.